The smallest absolute Gasteiger partial charge is 0.422 e. The van der Waals surface area contributed by atoms with Gasteiger partial charge in [0.05, 0.1) is 9.79 Å². The Morgan fingerprint density at radius 2 is 0.821 bits per heavy atom. The second-order valence-electron chi connectivity index (χ2n) is 14.2. The van der Waals surface area contributed by atoms with E-state index in [4.69, 9.17) is 9.05 Å². The minimum atomic E-state index is -3.20. The molecule has 0 aromatic heterocycles. The van der Waals surface area contributed by atoms with Crippen LogP contribution >= 0.6 is 29.1 Å². The minimum absolute atomic E-state index is 0.242. The lowest BCUT2D eigenvalue weighted by Crippen LogP contribution is -2.20. The van der Waals surface area contributed by atoms with Crippen molar-refractivity contribution in [3.8, 4) is 11.5 Å². The van der Waals surface area contributed by atoms with Crippen LogP contribution in [-0.2, 0) is 21.7 Å². The van der Waals surface area contributed by atoms with Crippen LogP contribution in [0, 0.1) is 13.8 Å². The van der Waals surface area contributed by atoms with Crippen LogP contribution in [0.4, 0.5) is 8.39 Å². The molecule has 2 atom stereocenters. The van der Waals surface area contributed by atoms with Gasteiger partial charge < -0.3 is 18.8 Å². The van der Waals surface area contributed by atoms with E-state index in [1.54, 1.807) is 0 Å². The van der Waals surface area contributed by atoms with Crippen molar-refractivity contribution in [1.29, 1.82) is 0 Å². The number of hydrogen-bond donors (Lipinski definition) is 2. The molecular formula is C30H46F2O4P2S. The SMILES string of the molecule is Cc1c(C(C)(C)C)cc(C(C)(C)C)c(OP(O)F)c1Sc1c(C)c(C(C)(C)C)cc(C(C)(C)C)c1OP(O)F. The molecule has 0 bridgehead atoms. The monoisotopic (exact) mass is 602 g/mol. The highest BCUT2D eigenvalue weighted by molar-refractivity contribution is 7.99. The molecule has 2 aromatic rings. The Hall–Kier alpha value is -0.970. The van der Waals surface area contributed by atoms with Gasteiger partial charge in [-0.05, 0) is 57.8 Å². The van der Waals surface area contributed by atoms with Gasteiger partial charge in [-0.2, -0.15) is 0 Å². The molecule has 0 heterocycles. The number of benzene rings is 2. The highest BCUT2D eigenvalue weighted by Gasteiger charge is 2.34. The summed E-state index contributed by atoms with van der Waals surface area (Å²) >= 11 is 1.31. The molecule has 0 amide bonds. The summed E-state index contributed by atoms with van der Waals surface area (Å²) in [6.07, 6.45) is 0. The van der Waals surface area contributed by atoms with Crippen molar-refractivity contribution in [1.82, 2.24) is 0 Å². The van der Waals surface area contributed by atoms with E-state index in [0.717, 1.165) is 33.4 Å². The van der Waals surface area contributed by atoms with Crippen LogP contribution in [0.25, 0.3) is 0 Å². The van der Waals surface area contributed by atoms with Crippen molar-refractivity contribution in [3.63, 3.8) is 0 Å². The lowest BCUT2D eigenvalue weighted by molar-refractivity contribution is 0.416. The van der Waals surface area contributed by atoms with Gasteiger partial charge in [-0.1, -0.05) is 107 Å². The summed E-state index contributed by atoms with van der Waals surface area (Å²) in [7, 11) is -6.40. The predicted molar refractivity (Wildman–Crippen MR) is 163 cm³/mol. The molecule has 0 spiro atoms. The quantitative estimate of drug-likeness (QED) is 0.322. The lowest BCUT2D eigenvalue weighted by atomic mass is 9.78. The van der Waals surface area contributed by atoms with Gasteiger partial charge in [-0.3, -0.25) is 0 Å². The van der Waals surface area contributed by atoms with E-state index in [1.807, 2.05) is 67.5 Å². The molecule has 0 saturated heterocycles. The Labute approximate surface area is 241 Å². The van der Waals surface area contributed by atoms with E-state index in [0.29, 0.717) is 9.79 Å². The molecule has 0 aliphatic rings. The molecule has 0 fully saturated rings. The number of hydrogen-bond acceptors (Lipinski definition) is 5. The standard InChI is InChI=1S/C30H46F2O4P2S/c1-17-19(27(3,4)5)15-21(29(9,10)11)23(35-37(31)33)25(17)39-26-18(2)20(28(6,7)8)16-22(30(12,13)14)24(26)36-38(32)34/h15-16,33-34H,1-14H3. The fourth-order valence-electron chi connectivity index (χ4n) is 4.82. The van der Waals surface area contributed by atoms with Crippen molar-refractivity contribution in [2.24, 2.45) is 0 Å². The largest absolute Gasteiger partial charge is 0.436 e. The molecule has 0 saturated carbocycles. The van der Waals surface area contributed by atoms with E-state index in [2.05, 4.69) is 41.5 Å². The topological polar surface area (TPSA) is 58.9 Å². The van der Waals surface area contributed by atoms with Crippen LogP contribution in [0.15, 0.2) is 21.9 Å². The average molecular weight is 603 g/mol. The van der Waals surface area contributed by atoms with Gasteiger partial charge >= 0.3 is 17.4 Å². The minimum Gasteiger partial charge on any atom is -0.422 e. The lowest BCUT2D eigenvalue weighted by Gasteiger charge is -2.33. The zero-order valence-electron chi connectivity index (χ0n) is 25.9. The molecule has 9 heteroatoms. The van der Waals surface area contributed by atoms with Gasteiger partial charge in [0.1, 0.15) is 11.5 Å². The summed E-state index contributed by atoms with van der Waals surface area (Å²) in [4.78, 5) is 20.9. The molecule has 4 nitrogen and oxygen atoms in total. The molecule has 220 valence electrons. The molecule has 2 rings (SSSR count). The molecule has 0 aliphatic heterocycles. The van der Waals surface area contributed by atoms with Gasteiger partial charge in [0.2, 0.25) is 0 Å². The second-order valence-corrected chi connectivity index (χ2v) is 16.5. The highest BCUT2D eigenvalue weighted by Crippen LogP contribution is 2.56. The maximum absolute atomic E-state index is 14.2. The summed E-state index contributed by atoms with van der Waals surface area (Å²) < 4.78 is 39.5. The van der Waals surface area contributed by atoms with Crippen LogP contribution in [0.5, 0.6) is 11.5 Å². The van der Waals surface area contributed by atoms with E-state index >= 15 is 0 Å². The van der Waals surface area contributed by atoms with Gasteiger partial charge in [0.15, 0.2) is 0 Å². The molecule has 0 radical (unpaired) electrons. The Balaban J connectivity index is 3.16. The predicted octanol–water partition coefficient (Wildman–Crippen LogP) is 10.8. The van der Waals surface area contributed by atoms with E-state index in [9.17, 15) is 18.2 Å². The van der Waals surface area contributed by atoms with E-state index in [-0.39, 0.29) is 22.3 Å². The van der Waals surface area contributed by atoms with Crippen molar-refractivity contribution >= 4 is 29.1 Å². The zero-order chi connectivity index (χ0) is 30.5. The van der Waals surface area contributed by atoms with Crippen LogP contribution in [0.3, 0.4) is 0 Å². The van der Waals surface area contributed by atoms with Gasteiger partial charge in [0.25, 0.3) is 0 Å². The normalized spacial score (nSPS) is 14.8. The molecule has 2 N–H and O–H groups in total. The maximum Gasteiger partial charge on any atom is 0.436 e. The maximum atomic E-state index is 14.2. The van der Waals surface area contributed by atoms with Crippen LogP contribution in [0.1, 0.15) is 116 Å². The third-order valence-corrected chi connectivity index (χ3v) is 8.80. The Bertz CT molecular complexity index is 1110. The number of rotatable bonds is 6. The summed E-state index contributed by atoms with van der Waals surface area (Å²) in [5, 5.41) is 0. The van der Waals surface area contributed by atoms with Gasteiger partial charge in [0, 0.05) is 11.1 Å². The van der Waals surface area contributed by atoms with Gasteiger partial charge in [-0.25, -0.2) is 0 Å². The molecular weight excluding hydrogens is 556 g/mol. The molecule has 2 aromatic carbocycles. The number of halogens is 2. The fraction of sp³-hybridized carbons (Fsp3) is 0.600. The highest BCUT2D eigenvalue weighted by atomic mass is 32.2. The third kappa shape index (κ3) is 8.07. The van der Waals surface area contributed by atoms with E-state index in [1.165, 1.54) is 11.8 Å². The van der Waals surface area contributed by atoms with E-state index < -0.39 is 28.2 Å². The summed E-state index contributed by atoms with van der Waals surface area (Å²) in [6, 6.07) is 4.08. The first-order valence-corrected chi connectivity index (χ1v) is 16.1. The summed E-state index contributed by atoms with van der Waals surface area (Å²) in [5.74, 6) is 0.536. The first-order valence-electron chi connectivity index (χ1n) is 13.1. The first-order chi connectivity index (χ1) is 17.4. The van der Waals surface area contributed by atoms with Crippen molar-refractivity contribution in [3.05, 3.63) is 45.5 Å². The Kier molecular flexibility index (Phi) is 10.3. The zero-order valence-corrected chi connectivity index (χ0v) is 28.5. The molecule has 39 heavy (non-hydrogen) atoms. The van der Waals surface area contributed by atoms with Gasteiger partial charge in [-0.15, -0.1) is 8.39 Å². The van der Waals surface area contributed by atoms with Crippen LogP contribution in [-0.4, -0.2) is 9.79 Å². The van der Waals surface area contributed by atoms with Crippen molar-refractivity contribution in [2.45, 2.75) is 128 Å². The van der Waals surface area contributed by atoms with Crippen LogP contribution < -0.4 is 9.05 Å². The Morgan fingerprint density at radius 1 is 0.564 bits per heavy atom. The Morgan fingerprint density at radius 3 is 1.03 bits per heavy atom. The van der Waals surface area contributed by atoms with Crippen LogP contribution in [0.2, 0.25) is 0 Å². The summed E-state index contributed by atoms with van der Waals surface area (Å²) in [6.45, 7) is 28.7. The summed E-state index contributed by atoms with van der Waals surface area (Å²) in [5.41, 5.74) is 4.05. The molecule has 0 aliphatic carbocycles. The fourth-order valence-corrected chi connectivity index (χ4v) is 6.84. The second kappa shape index (κ2) is 11.7. The van der Waals surface area contributed by atoms with Crippen molar-refractivity contribution < 1.29 is 27.2 Å². The molecule has 2 unspecified atom stereocenters. The third-order valence-electron chi connectivity index (χ3n) is 6.74. The average Bonchev–Trinajstić information content (AvgIpc) is 2.67. The van der Waals surface area contributed by atoms with Crippen molar-refractivity contribution in [2.75, 3.05) is 0 Å². The first kappa shape index (κ1) is 34.2.